The third kappa shape index (κ3) is 4.48. The summed E-state index contributed by atoms with van der Waals surface area (Å²) in [4.78, 5) is 52.2. The van der Waals surface area contributed by atoms with Crippen molar-refractivity contribution in [3.63, 3.8) is 0 Å². The zero-order chi connectivity index (χ0) is 24.4. The van der Waals surface area contributed by atoms with Gasteiger partial charge in [0, 0.05) is 39.1 Å². The van der Waals surface area contributed by atoms with E-state index in [1.165, 1.54) is 4.90 Å². The van der Waals surface area contributed by atoms with Crippen LogP contribution in [0.15, 0.2) is 0 Å². The second kappa shape index (κ2) is 7.50. The molecule has 4 fully saturated rings. The predicted octanol–water partition coefficient (Wildman–Crippen LogP) is 2.07. The Morgan fingerprint density at radius 1 is 0.909 bits per heavy atom. The quantitative estimate of drug-likeness (QED) is 0.615. The predicted molar refractivity (Wildman–Crippen MR) is 116 cm³/mol. The first-order valence-corrected chi connectivity index (χ1v) is 11.7. The molecule has 3 amide bonds. The van der Waals surface area contributed by atoms with Gasteiger partial charge in [0.05, 0.1) is 10.8 Å². The molecule has 0 aromatic carbocycles. The van der Waals surface area contributed by atoms with Crippen LogP contribution in [0.4, 0.5) is 9.59 Å². The largest absolute Gasteiger partial charge is 0.481 e. The maximum absolute atomic E-state index is 12.9. The second-order valence-electron chi connectivity index (χ2n) is 11.8. The Morgan fingerprint density at radius 3 is 1.97 bits per heavy atom. The van der Waals surface area contributed by atoms with Crippen LogP contribution in [0.2, 0.25) is 0 Å². The lowest BCUT2D eigenvalue weighted by Gasteiger charge is -2.29. The molecule has 0 radical (unpaired) electrons. The zero-order valence-electron chi connectivity index (χ0n) is 20.1. The third-order valence-electron chi connectivity index (χ3n) is 7.46. The van der Waals surface area contributed by atoms with E-state index in [0.717, 1.165) is 6.42 Å². The van der Waals surface area contributed by atoms with Gasteiger partial charge in [-0.05, 0) is 59.3 Å². The van der Waals surface area contributed by atoms with Gasteiger partial charge in [0.1, 0.15) is 11.2 Å². The van der Waals surface area contributed by atoms with Gasteiger partial charge in [-0.3, -0.25) is 9.59 Å². The highest BCUT2D eigenvalue weighted by atomic mass is 16.6. The maximum Gasteiger partial charge on any atom is 0.410 e. The molecule has 2 aliphatic carbocycles. The molecule has 0 spiro atoms. The lowest BCUT2D eigenvalue weighted by atomic mass is 10.0. The van der Waals surface area contributed by atoms with Crippen molar-refractivity contribution in [1.82, 2.24) is 15.1 Å². The minimum absolute atomic E-state index is 0.0161. The summed E-state index contributed by atoms with van der Waals surface area (Å²) in [5, 5.41) is 12.3. The number of carboxylic acids is 1. The molecule has 2 saturated carbocycles. The molecule has 4 atom stereocenters. The van der Waals surface area contributed by atoms with Gasteiger partial charge in [0.15, 0.2) is 0 Å². The van der Waals surface area contributed by atoms with Crippen LogP contribution in [0.25, 0.3) is 0 Å². The van der Waals surface area contributed by atoms with Crippen LogP contribution >= 0.6 is 0 Å². The van der Waals surface area contributed by atoms with Gasteiger partial charge in [0.25, 0.3) is 0 Å². The summed E-state index contributed by atoms with van der Waals surface area (Å²) in [6.45, 7) is 10.8. The normalized spacial score (nSPS) is 32.0. The molecule has 33 heavy (non-hydrogen) atoms. The summed E-state index contributed by atoms with van der Waals surface area (Å²) in [7, 11) is 0. The van der Waals surface area contributed by atoms with Crippen molar-refractivity contribution in [2.24, 2.45) is 22.7 Å². The van der Waals surface area contributed by atoms with Gasteiger partial charge < -0.3 is 29.7 Å². The van der Waals surface area contributed by atoms with E-state index in [4.69, 9.17) is 9.47 Å². The standard InChI is InChI=1S/C23H35N3O7/c1-20(2,3)32-18(30)25-10-14-8-22(14,12-25)16(27)24-7-6-21(4,5)33-19(31)26-11-15-9-23(15,13-26)17(28)29/h14-15H,6-13H2,1-5H3,(H,24,27)(H,28,29)/t14-,15-,22-,23-/m1/s1. The van der Waals surface area contributed by atoms with Crippen molar-refractivity contribution >= 4 is 24.1 Å². The van der Waals surface area contributed by atoms with Gasteiger partial charge in [-0.25, -0.2) is 9.59 Å². The number of fused-ring (bicyclic) bond motifs is 2. The second-order valence-corrected chi connectivity index (χ2v) is 11.8. The number of piperidine rings is 2. The van der Waals surface area contributed by atoms with E-state index in [2.05, 4.69) is 5.32 Å². The molecule has 2 saturated heterocycles. The first-order chi connectivity index (χ1) is 15.2. The van der Waals surface area contributed by atoms with Crippen LogP contribution in [0.5, 0.6) is 0 Å². The summed E-state index contributed by atoms with van der Waals surface area (Å²) in [5.74, 6) is -0.759. The van der Waals surface area contributed by atoms with Crippen molar-refractivity contribution in [2.45, 2.75) is 65.1 Å². The third-order valence-corrected chi connectivity index (χ3v) is 7.46. The molecule has 10 heteroatoms. The van der Waals surface area contributed by atoms with Crippen LogP contribution in [0.1, 0.15) is 53.9 Å². The molecule has 4 aliphatic rings. The fraction of sp³-hybridized carbons (Fsp3) is 0.826. The first-order valence-electron chi connectivity index (χ1n) is 11.7. The van der Waals surface area contributed by atoms with Gasteiger partial charge in [-0.15, -0.1) is 0 Å². The highest BCUT2D eigenvalue weighted by molar-refractivity contribution is 5.88. The molecular weight excluding hydrogens is 430 g/mol. The van der Waals surface area contributed by atoms with E-state index in [0.29, 0.717) is 39.0 Å². The number of amides is 3. The average Bonchev–Trinajstić information content (AvgIpc) is 3.48. The van der Waals surface area contributed by atoms with E-state index < -0.39 is 34.1 Å². The van der Waals surface area contributed by atoms with Crippen LogP contribution < -0.4 is 5.32 Å². The van der Waals surface area contributed by atoms with E-state index in [1.54, 1.807) is 18.7 Å². The van der Waals surface area contributed by atoms with Gasteiger partial charge in [0.2, 0.25) is 5.91 Å². The zero-order valence-corrected chi connectivity index (χ0v) is 20.1. The molecule has 2 heterocycles. The molecule has 0 bridgehead atoms. The van der Waals surface area contributed by atoms with Crippen LogP contribution in [0, 0.1) is 22.7 Å². The smallest absolute Gasteiger partial charge is 0.410 e. The molecule has 0 unspecified atom stereocenters. The summed E-state index contributed by atoms with van der Waals surface area (Å²) in [6.07, 6.45) is 0.901. The number of nitrogens with one attached hydrogen (secondary N) is 1. The number of nitrogens with zero attached hydrogens (tertiary/aromatic N) is 2. The average molecular weight is 466 g/mol. The lowest BCUT2D eigenvalue weighted by molar-refractivity contribution is -0.143. The number of ether oxygens (including phenoxy) is 2. The fourth-order valence-corrected chi connectivity index (χ4v) is 5.26. The number of carboxylic acid groups (broad SMARTS) is 1. The number of likely N-dealkylation sites (tertiary alicyclic amines) is 2. The Morgan fingerprint density at radius 2 is 1.42 bits per heavy atom. The Balaban J connectivity index is 1.21. The monoisotopic (exact) mass is 465 g/mol. The summed E-state index contributed by atoms with van der Waals surface area (Å²) < 4.78 is 11.0. The minimum atomic E-state index is -0.848. The van der Waals surface area contributed by atoms with Crippen LogP contribution in [-0.4, -0.2) is 82.9 Å². The fourth-order valence-electron chi connectivity index (χ4n) is 5.26. The SMILES string of the molecule is CC(C)(C)OC(=O)N1C[C@H]2C[C@@]2(C(=O)NCCC(C)(C)OC(=O)N2C[C@H]3C[C@@]3(C(=O)O)C2)C1. The molecule has 2 aliphatic heterocycles. The van der Waals surface area contributed by atoms with Gasteiger partial charge in [-0.1, -0.05) is 0 Å². The Hall–Kier alpha value is -2.52. The Labute approximate surface area is 193 Å². The molecule has 0 aromatic rings. The lowest BCUT2D eigenvalue weighted by Crippen LogP contribution is -2.43. The molecule has 4 rings (SSSR count). The maximum atomic E-state index is 12.9. The van der Waals surface area contributed by atoms with Crippen LogP contribution in [-0.2, 0) is 19.1 Å². The molecule has 184 valence electrons. The molecule has 0 aromatic heterocycles. The highest BCUT2D eigenvalue weighted by Crippen LogP contribution is 2.58. The molecular formula is C23H35N3O7. The molecule has 2 N–H and O–H groups in total. The Bertz CT molecular complexity index is 882. The topological polar surface area (TPSA) is 125 Å². The molecule has 10 nitrogen and oxygen atoms in total. The number of hydrogen-bond acceptors (Lipinski definition) is 6. The van der Waals surface area contributed by atoms with Crippen molar-refractivity contribution in [1.29, 1.82) is 0 Å². The van der Waals surface area contributed by atoms with Crippen molar-refractivity contribution in [3.05, 3.63) is 0 Å². The minimum Gasteiger partial charge on any atom is -0.481 e. The Kier molecular flexibility index (Phi) is 5.37. The van der Waals surface area contributed by atoms with E-state index in [9.17, 15) is 24.3 Å². The van der Waals surface area contributed by atoms with E-state index >= 15 is 0 Å². The van der Waals surface area contributed by atoms with Gasteiger partial charge in [-0.2, -0.15) is 0 Å². The summed E-state index contributed by atoms with van der Waals surface area (Å²) >= 11 is 0. The number of hydrogen-bond donors (Lipinski definition) is 2. The first kappa shape index (κ1) is 23.6. The highest BCUT2D eigenvalue weighted by Gasteiger charge is 2.67. The van der Waals surface area contributed by atoms with Crippen molar-refractivity contribution in [3.8, 4) is 0 Å². The van der Waals surface area contributed by atoms with Crippen LogP contribution in [0.3, 0.4) is 0 Å². The van der Waals surface area contributed by atoms with Crippen molar-refractivity contribution in [2.75, 3.05) is 32.7 Å². The summed E-state index contributed by atoms with van der Waals surface area (Å²) in [6, 6.07) is 0. The van der Waals surface area contributed by atoms with E-state index in [-0.39, 0.29) is 30.4 Å². The number of carbonyl (C=O) groups is 4. The van der Waals surface area contributed by atoms with Crippen molar-refractivity contribution < 1.29 is 33.8 Å². The number of aliphatic carboxylic acids is 1. The van der Waals surface area contributed by atoms with Gasteiger partial charge >= 0.3 is 18.2 Å². The number of rotatable bonds is 6. The number of carbonyl (C=O) groups excluding carboxylic acids is 3. The summed E-state index contributed by atoms with van der Waals surface area (Å²) in [5.41, 5.74) is -2.72. The van der Waals surface area contributed by atoms with E-state index in [1.807, 2.05) is 20.8 Å².